The van der Waals surface area contributed by atoms with Gasteiger partial charge in [-0.05, 0) is 40.6 Å². The summed E-state index contributed by atoms with van der Waals surface area (Å²) in [7, 11) is -1.04. The Labute approximate surface area is 144 Å². The van der Waals surface area contributed by atoms with Crippen LogP contribution < -0.4 is 5.73 Å². The summed E-state index contributed by atoms with van der Waals surface area (Å²) in [6.45, 7) is 8.39. The van der Waals surface area contributed by atoms with E-state index in [0.29, 0.717) is 6.73 Å². The summed E-state index contributed by atoms with van der Waals surface area (Å²) in [5.41, 5.74) is 8.88. The number of ether oxygens (including phenoxy) is 1. The molecule has 126 valence electrons. The van der Waals surface area contributed by atoms with Crippen LogP contribution in [-0.4, -0.2) is 24.5 Å². The number of benzene rings is 2. The van der Waals surface area contributed by atoms with E-state index < -0.39 is 8.07 Å². The number of fused-ring (bicyclic) bond motifs is 1. The second kappa shape index (κ2) is 6.79. The van der Waals surface area contributed by atoms with E-state index in [4.69, 9.17) is 10.5 Å². The number of nitrogen functional groups attached to an aromatic ring is 1. The molecule has 0 aliphatic rings. The van der Waals surface area contributed by atoms with E-state index in [1.165, 1.54) is 11.4 Å². The first kappa shape index (κ1) is 16.7. The zero-order chi connectivity index (χ0) is 17.2. The van der Waals surface area contributed by atoms with Crippen molar-refractivity contribution in [2.45, 2.75) is 32.4 Å². The minimum absolute atomic E-state index is 0.509. The van der Waals surface area contributed by atoms with E-state index in [-0.39, 0.29) is 0 Å². The summed E-state index contributed by atoms with van der Waals surface area (Å²) in [5, 5.41) is 6.74. The summed E-state index contributed by atoms with van der Waals surface area (Å²) < 4.78 is 7.60. The maximum Gasteiger partial charge on any atom is 0.139 e. The largest absolute Gasteiger partial charge is 0.399 e. The third-order valence-electron chi connectivity index (χ3n) is 4.05. The van der Waals surface area contributed by atoms with Crippen LogP contribution in [-0.2, 0) is 11.5 Å². The molecule has 0 amide bonds. The molecular weight excluding hydrogens is 314 g/mol. The second-order valence-electron chi connectivity index (χ2n) is 7.44. The van der Waals surface area contributed by atoms with Gasteiger partial charge in [-0.1, -0.05) is 37.8 Å². The van der Waals surface area contributed by atoms with E-state index in [1.54, 1.807) is 0 Å². The van der Waals surface area contributed by atoms with Crippen LogP contribution in [0.2, 0.25) is 25.7 Å². The number of rotatable bonds is 6. The normalized spacial score (nSPS) is 12.0. The number of hydrogen-bond donors (Lipinski definition) is 1. The van der Waals surface area contributed by atoms with Crippen molar-refractivity contribution in [1.82, 2.24) is 9.78 Å². The minimum Gasteiger partial charge on any atom is -0.399 e. The summed E-state index contributed by atoms with van der Waals surface area (Å²) >= 11 is 0. The lowest BCUT2D eigenvalue weighted by molar-refractivity contribution is 0.0786. The van der Waals surface area contributed by atoms with Gasteiger partial charge in [-0.3, -0.25) is 0 Å². The number of aromatic nitrogens is 2. The third kappa shape index (κ3) is 4.24. The van der Waals surface area contributed by atoms with E-state index in [1.807, 2.05) is 29.2 Å². The predicted molar refractivity (Wildman–Crippen MR) is 104 cm³/mol. The van der Waals surface area contributed by atoms with Gasteiger partial charge in [0.25, 0.3) is 0 Å². The number of nitrogens with zero attached hydrogens (tertiary/aromatic N) is 2. The molecule has 1 aromatic heterocycles. The molecule has 4 nitrogen and oxygen atoms in total. The third-order valence-corrected chi connectivity index (χ3v) is 5.75. The highest BCUT2D eigenvalue weighted by Crippen LogP contribution is 2.25. The van der Waals surface area contributed by atoms with Crippen molar-refractivity contribution >= 4 is 24.5 Å². The topological polar surface area (TPSA) is 53.1 Å². The van der Waals surface area contributed by atoms with Gasteiger partial charge in [0, 0.05) is 32.1 Å². The SMILES string of the molecule is C[Si](C)(C)CCOCn1cc(-c2ccc3cc(N)ccc3c2)cn1. The molecule has 0 radical (unpaired) electrons. The Morgan fingerprint density at radius 3 is 2.58 bits per heavy atom. The van der Waals surface area contributed by atoms with Gasteiger partial charge in [-0.25, -0.2) is 4.68 Å². The lowest BCUT2D eigenvalue weighted by Crippen LogP contribution is -2.22. The molecule has 3 rings (SSSR count). The average Bonchev–Trinajstić information content (AvgIpc) is 2.99. The first-order valence-corrected chi connectivity index (χ1v) is 12.0. The van der Waals surface area contributed by atoms with Crippen LogP contribution in [0.4, 0.5) is 5.69 Å². The Bertz CT molecular complexity index is 836. The van der Waals surface area contributed by atoms with Crippen LogP contribution >= 0.6 is 0 Å². The zero-order valence-electron chi connectivity index (χ0n) is 14.6. The fraction of sp³-hybridized carbons (Fsp3) is 0.316. The van der Waals surface area contributed by atoms with Crippen LogP contribution in [0.3, 0.4) is 0 Å². The highest BCUT2D eigenvalue weighted by Gasteiger charge is 2.12. The Hall–Kier alpha value is -2.11. The minimum atomic E-state index is -1.04. The molecule has 2 N–H and O–H groups in total. The molecular formula is C19H25N3OSi. The van der Waals surface area contributed by atoms with Gasteiger partial charge in [0.2, 0.25) is 0 Å². The van der Waals surface area contributed by atoms with Crippen molar-refractivity contribution in [3.63, 3.8) is 0 Å². The van der Waals surface area contributed by atoms with Gasteiger partial charge in [-0.15, -0.1) is 0 Å². The van der Waals surface area contributed by atoms with Crippen molar-refractivity contribution in [3.8, 4) is 11.1 Å². The highest BCUT2D eigenvalue weighted by molar-refractivity contribution is 6.76. The van der Waals surface area contributed by atoms with Gasteiger partial charge < -0.3 is 10.5 Å². The number of hydrogen-bond acceptors (Lipinski definition) is 3. The van der Waals surface area contributed by atoms with Gasteiger partial charge >= 0.3 is 0 Å². The van der Waals surface area contributed by atoms with Crippen LogP contribution in [0.15, 0.2) is 48.8 Å². The Morgan fingerprint density at radius 2 is 1.79 bits per heavy atom. The quantitative estimate of drug-likeness (QED) is 0.406. The Kier molecular flexibility index (Phi) is 4.73. The highest BCUT2D eigenvalue weighted by atomic mass is 28.3. The molecule has 24 heavy (non-hydrogen) atoms. The van der Waals surface area contributed by atoms with E-state index in [0.717, 1.165) is 28.8 Å². The molecule has 2 aromatic carbocycles. The van der Waals surface area contributed by atoms with E-state index in [9.17, 15) is 0 Å². The van der Waals surface area contributed by atoms with Crippen LogP contribution in [0.1, 0.15) is 0 Å². The lowest BCUT2D eigenvalue weighted by Gasteiger charge is -2.15. The molecule has 0 saturated carbocycles. The second-order valence-corrected chi connectivity index (χ2v) is 13.1. The van der Waals surface area contributed by atoms with Crippen molar-refractivity contribution in [2.75, 3.05) is 12.3 Å². The molecule has 0 atom stereocenters. The summed E-state index contributed by atoms with van der Waals surface area (Å²) in [5.74, 6) is 0. The van der Waals surface area contributed by atoms with Crippen molar-refractivity contribution in [2.24, 2.45) is 0 Å². The smallest absolute Gasteiger partial charge is 0.139 e. The molecule has 0 aliphatic heterocycles. The maximum atomic E-state index is 5.84. The van der Waals surface area contributed by atoms with Crippen LogP contribution in [0.5, 0.6) is 0 Å². The molecule has 1 heterocycles. The Balaban J connectivity index is 1.68. The van der Waals surface area contributed by atoms with E-state index >= 15 is 0 Å². The van der Waals surface area contributed by atoms with Crippen molar-refractivity contribution < 1.29 is 4.74 Å². The fourth-order valence-corrected chi connectivity index (χ4v) is 3.32. The lowest BCUT2D eigenvalue weighted by atomic mass is 10.0. The fourth-order valence-electron chi connectivity index (χ4n) is 2.56. The van der Waals surface area contributed by atoms with Crippen molar-refractivity contribution in [3.05, 3.63) is 48.8 Å². The van der Waals surface area contributed by atoms with Crippen LogP contribution in [0, 0.1) is 0 Å². The number of anilines is 1. The average molecular weight is 340 g/mol. The first-order valence-electron chi connectivity index (χ1n) is 8.31. The Morgan fingerprint density at radius 1 is 1.04 bits per heavy atom. The molecule has 0 saturated heterocycles. The molecule has 0 aliphatic carbocycles. The predicted octanol–water partition coefficient (Wildman–Crippen LogP) is 4.60. The molecule has 0 bridgehead atoms. The summed E-state index contributed by atoms with van der Waals surface area (Å²) in [6, 6.07) is 13.5. The number of nitrogens with two attached hydrogens (primary N) is 1. The maximum absolute atomic E-state index is 5.84. The van der Waals surface area contributed by atoms with Gasteiger partial charge in [0.1, 0.15) is 6.73 Å². The first-order chi connectivity index (χ1) is 11.4. The zero-order valence-corrected chi connectivity index (χ0v) is 15.6. The van der Waals surface area contributed by atoms with Gasteiger partial charge in [-0.2, -0.15) is 5.10 Å². The van der Waals surface area contributed by atoms with E-state index in [2.05, 4.69) is 49.0 Å². The molecule has 3 aromatic rings. The van der Waals surface area contributed by atoms with Crippen molar-refractivity contribution in [1.29, 1.82) is 0 Å². The molecule has 0 fully saturated rings. The summed E-state index contributed by atoms with van der Waals surface area (Å²) in [6.07, 6.45) is 3.92. The summed E-state index contributed by atoms with van der Waals surface area (Å²) in [4.78, 5) is 0. The standard InChI is InChI=1S/C19H25N3OSi/c1-24(2,3)9-8-23-14-22-13-18(12-21-22)16-4-5-17-11-19(20)7-6-15(17)10-16/h4-7,10-13H,8-9,14,20H2,1-3H3. The van der Waals surface area contributed by atoms with Crippen LogP contribution in [0.25, 0.3) is 21.9 Å². The van der Waals surface area contributed by atoms with Gasteiger partial charge in [0.05, 0.1) is 6.20 Å². The molecule has 0 spiro atoms. The molecule has 5 heteroatoms. The molecule has 0 unspecified atom stereocenters. The monoisotopic (exact) mass is 339 g/mol. The van der Waals surface area contributed by atoms with Gasteiger partial charge in [0.15, 0.2) is 0 Å².